The quantitative estimate of drug-likeness (QED) is 0.154. The standard InChI is InChI=1S/C28H37BrN4O6S/c1-15-9-10-18-16(2)24(36-25-28(18)17(15)11-12-27(3,37-25)38-39-28)35-14-5-4-13-33-20-8-6-7-19(29)21(20)22(23(33)34)31-32-26(30)40/h6-8,15-18,24-25,34H,4-5,9-14H2,1-3H3,(H2,30,40)/t15-,16-,17+,18+,24?,25-,27-,28-/m1/s1. The summed E-state index contributed by atoms with van der Waals surface area (Å²) in [6.07, 6.45) is 4.64. The Morgan fingerprint density at radius 3 is 2.85 bits per heavy atom. The van der Waals surface area contributed by atoms with E-state index in [-0.39, 0.29) is 29.1 Å². The molecule has 1 saturated carbocycles. The van der Waals surface area contributed by atoms with Gasteiger partial charge in [0.15, 0.2) is 23.9 Å². The molecule has 2 aromatic rings. The number of azo groups is 1. The predicted octanol–water partition coefficient (Wildman–Crippen LogP) is 6.44. The summed E-state index contributed by atoms with van der Waals surface area (Å²) in [5.74, 6) is 0.447. The van der Waals surface area contributed by atoms with Crippen molar-refractivity contribution in [1.29, 1.82) is 0 Å². The number of hydrogen-bond donors (Lipinski definition) is 2. The van der Waals surface area contributed by atoms with Gasteiger partial charge in [0.1, 0.15) is 0 Å². The minimum absolute atomic E-state index is 0.0229. The number of nitrogens with two attached hydrogens (primary N) is 1. The number of aryl methyl sites for hydroxylation is 1. The normalized spacial score (nSPS) is 37.1. The molecule has 4 aliphatic heterocycles. The lowest BCUT2D eigenvalue weighted by Gasteiger charge is -2.60. The van der Waals surface area contributed by atoms with Crippen molar-refractivity contribution in [3.63, 3.8) is 0 Å². The summed E-state index contributed by atoms with van der Waals surface area (Å²) in [5.41, 5.74) is 6.08. The third kappa shape index (κ3) is 4.69. The predicted molar refractivity (Wildman–Crippen MR) is 155 cm³/mol. The van der Waals surface area contributed by atoms with Crippen molar-refractivity contribution in [3.05, 3.63) is 22.7 Å². The lowest BCUT2D eigenvalue weighted by Crippen LogP contribution is -2.70. The molecule has 1 aromatic carbocycles. The zero-order chi connectivity index (χ0) is 28.2. The number of aromatic nitrogens is 1. The number of fused-ring (bicyclic) bond motifs is 3. The monoisotopic (exact) mass is 636 g/mol. The maximum absolute atomic E-state index is 11.0. The van der Waals surface area contributed by atoms with Crippen LogP contribution in [-0.2, 0) is 30.5 Å². The van der Waals surface area contributed by atoms with Crippen molar-refractivity contribution in [2.24, 2.45) is 39.6 Å². The van der Waals surface area contributed by atoms with Gasteiger partial charge in [0.25, 0.3) is 0 Å². The molecule has 2 bridgehead atoms. The Hall–Kier alpha value is -1.67. The number of aromatic hydroxyl groups is 1. The van der Waals surface area contributed by atoms with E-state index in [0.29, 0.717) is 30.7 Å². The molecule has 0 radical (unpaired) electrons. The van der Waals surface area contributed by atoms with Gasteiger partial charge >= 0.3 is 0 Å². The SMILES string of the molecule is C[C@@H]1CC[C@H]2[C@@H](C)C(OCCCCn3c(O)c(N=NC(N)=S)c4c(Br)cccc43)O[C@@H]3O[C@@]4(C)CC[C@@H]1[C@]32OO4. The molecule has 1 aliphatic carbocycles. The maximum atomic E-state index is 11.0. The van der Waals surface area contributed by atoms with Gasteiger partial charge in [-0.3, -0.25) is 0 Å². The van der Waals surface area contributed by atoms with Gasteiger partial charge in [-0.25, -0.2) is 9.78 Å². The van der Waals surface area contributed by atoms with E-state index in [4.69, 9.17) is 41.9 Å². The van der Waals surface area contributed by atoms with Gasteiger partial charge in [-0.05, 0) is 75.2 Å². The molecule has 218 valence electrons. The summed E-state index contributed by atoms with van der Waals surface area (Å²) in [6, 6.07) is 5.75. The number of thiocarbonyl (C=S) groups is 1. The smallest absolute Gasteiger partial charge is 0.220 e. The number of unbranched alkanes of at least 4 members (excludes halogenated alkanes) is 1. The summed E-state index contributed by atoms with van der Waals surface area (Å²) in [6.45, 7) is 7.54. The third-order valence-electron chi connectivity index (χ3n) is 9.39. The van der Waals surface area contributed by atoms with Gasteiger partial charge in [-0.2, -0.15) is 0 Å². The van der Waals surface area contributed by atoms with E-state index in [2.05, 4.69) is 40.0 Å². The first kappa shape index (κ1) is 28.4. The summed E-state index contributed by atoms with van der Waals surface area (Å²) in [7, 11) is 0. The Labute approximate surface area is 247 Å². The Bertz CT molecular complexity index is 1320. The molecule has 3 N–H and O–H groups in total. The van der Waals surface area contributed by atoms with Crippen LogP contribution in [0.3, 0.4) is 0 Å². The highest BCUT2D eigenvalue weighted by Crippen LogP contribution is 2.60. The van der Waals surface area contributed by atoms with Crippen LogP contribution in [0.1, 0.15) is 59.3 Å². The minimum Gasteiger partial charge on any atom is -0.493 e. The fraction of sp³-hybridized carbons (Fsp3) is 0.679. The number of halogens is 1. The molecule has 12 heteroatoms. The second-order valence-corrected chi connectivity index (χ2v) is 13.1. The fourth-order valence-electron chi connectivity index (χ4n) is 7.38. The Morgan fingerprint density at radius 2 is 2.05 bits per heavy atom. The van der Waals surface area contributed by atoms with Gasteiger partial charge in [0.2, 0.25) is 16.8 Å². The molecule has 1 spiro atoms. The van der Waals surface area contributed by atoms with Gasteiger partial charge in [-0.15, -0.1) is 10.2 Å². The first-order valence-corrected chi connectivity index (χ1v) is 15.4. The van der Waals surface area contributed by atoms with Crippen molar-refractivity contribution in [1.82, 2.24) is 4.57 Å². The molecule has 5 fully saturated rings. The van der Waals surface area contributed by atoms with Crippen molar-refractivity contribution in [3.8, 4) is 5.88 Å². The molecule has 5 heterocycles. The number of benzene rings is 1. The van der Waals surface area contributed by atoms with Crippen molar-refractivity contribution >= 4 is 49.9 Å². The van der Waals surface area contributed by atoms with Crippen molar-refractivity contribution in [2.45, 2.75) is 89.8 Å². The summed E-state index contributed by atoms with van der Waals surface area (Å²) in [4.78, 5) is 12.1. The molecule has 10 nitrogen and oxygen atoms in total. The zero-order valence-corrected chi connectivity index (χ0v) is 25.4. The molecule has 0 amide bonds. The van der Waals surface area contributed by atoms with Crippen LogP contribution >= 0.6 is 28.1 Å². The highest BCUT2D eigenvalue weighted by molar-refractivity contribution is 9.10. The van der Waals surface area contributed by atoms with Crippen LogP contribution in [-0.4, -0.2) is 45.4 Å². The van der Waals surface area contributed by atoms with E-state index in [1.54, 1.807) is 0 Å². The fourth-order valence-corrected chi connectivity index (χ4v) is 7.96. The number of nitrogens with zero attached hydrogens (tertiary/aromatic N) is 3. The van der Waals surface area contributed by atoms with Gasteiger partial charge in [0, 0.05) is 41.3 Å². The Morgan fingerprint density at radius 1 is 1.23 bits per heavy atom. The van der Waals surface area contributed by atoms with Crippen LogP contribution < -0.4 is 5.73 Å². The second-order valence-electron chi connectivity index (χ2n) is 11.8. The lowest BCUT2D eigenvalue weighted by atomic mass is 9.58. The summed E-state index contributed by atoms with van der Waals surface area (Å²) < 4.78 is 21.9. The van der Waals surface area contributed by atoms with Crippen molar-refractivity contribution < 1.29 is 29.1 Å². The van der Waals surface area contributed by atoms with E-state index in [9.17, 15) is 5.11 Å². The summed E-state index contributed by atoms with van der Waals surface area (Å²) >= 11 is 8.38. The van der Waals surface area contributed by atoms with Gasteiger partial charge in [-0.1, -0.05) is 35.8 Å². The molecule has 7 rings (SSSR count). The van der Waals surface area contributed by atoms with Crippen LogP contribution in [0.5, 0.6) is 5.88 Å². The topological polar surface area (TPSA) is 122 Å². The van der Waals surface area contributed by atoms with Crippen LogP contribution in [0.2, 0.25) is 0 Å². The molecule has 4 saturated heterocycles. The van der Waals surface area contributed by atoms with E-state index in [1.165, 1.54) is 0 Å². The molecular weight excluding hydrogens is 600 g/mol. The highest BCUT2D eigenvalue weighted by Gasteiger charge is 2.69. The average molecular weight is 638 g/mol. The molecule has 40 heavy (non-hydrogen) atoms. The molecular formula is C28H37BrN4O6S. The van der Waals surface area contributed by atoms with Crippen LogP contribution in [0.25, 0.3) is 10.9 Å². The first-order valence-electron chi connectivity index (χ1n) is 14.2. The van der Waals surface area contributed by atoms with Crippen molar-refractivity contribution in [2.75, 3.05) is 6.61 Å². The Balaban J connectivity index is 1.12. The lowest BCUT2D eigenvalue weighted by molar-refractivity contribution is -0.577. The van der Waals surface area contributed by atoms with E-state index in [0.717, 1.165) is 53.9 Å². The molecule has 5 aliphatic rings. The average Bonchev–Trinajstić information content (AvgIpc) is 3.01. The first-order chi connectivity index (χ1) is 19.1. The Kier molecular flexibility index (Phi) is 7.73. The number of ether oxygens (including phenoxy) is 3. The van der Waals surface area contributed by atoms with Gasteiger partial charge < -0.3 is 29.6 Å². The highest BCUT2D eigenvalue weighted by atomic mass is 79.9. The minimum atomic E-state index is -0.799. The largest absolute Gasteiger partial charge is 0.493 e. The maximum Gasteiger partial charge on any atom is 0.220 e. The second kappa shape index (κ2) is 10.9. The van der Waals surface area contributed by atoms with Crippen LogP contribution in [0.4, 0.5) is 5.69 Å². The summed E-state index contributed by atoms with van der Waals surface area (Å²) in [5, 5.41) is 19.5. The zero-order valence-electron chi connectivity index (χ0n) is 23.0. The van der Waals surface area contributed by atoms with E-state index in [1.807, 2.05) is 29.7 Å². The third-order valence-corrected chi connectivity index (χ3v) is 10.1. The molecule has 1 unspecified atom stereocenters. The van der Waals surface area contributed by atoms with Crippen LogP contribution in [0.15, 0.2) is 32.9 Å². The number of rotatable bonds is 7. The number of hydrogen-bond acceptors (Lipinski definition) is 8. The molecule has 8 atom stereocenters. The van der Waals surface area contributed by atoms with Crippen LogP contribution in [0, 0.1) is 23.7 Å². The van der Waals surface area contributed by atoms with E-state index >= 15 is 0 Å². The van der Waals surface area contributed by atoms with E-state index < -0.39 is 17.7 Å². The van der Waals surface area contributed by atoms with Gasteiger partial charge in [0.05, 0.1) is 5.52 Å². The molecule has 1 aromatic heterocycles.